The van der Waals surface area contributed by atoms with Crippen molar-refractivity contribution in [3.05, 3.63) is 63.6 Å². The van der Waals surface area contributed by atoms with E-state index in [1.165, 1.54) is 0 Å². The van der Waals surface area contributed by atoms with Crippen molar-refractivity contribution in [3.8, 4) is 0 Å². The van der Waals surface area contributed by atoms with Gasteiger partial charge in [-0.1, -0.05) is 28.1 Å². The van der Waals surface area contributed by atoms with E-state index < -0.39 is 0 Å². The third-order valence-electron chi connectivity index (χ3n) is 4.77. The number of halogens is 1. The van der Waals surface area contributed by atoms with E-state index in [1.54, 1.807) is 0 Å². The standard InChI is InChI=1S/C20H19BrN2O2/c21-17-3-1-2-13(10-17)12-22-19(24)16-6-7-18-15(11-16)8-9-23(18)20(25)14-4-5-14/h1-3,6-7,10-11,14H,4-5,8-9,12H2,(H,22,24). The molecule has 1 aliphatic carbocycles. The van der Waals surface area contributed by atoms with Gasteiger partial charge >= 0.3 is 0 Å². The molecule has 0 bridgehead atoms. The second kappa shape index (κ2) is 6.64. The third kappa shape index (κ3) is 3.47. The molecule has 0 unspecified atom stereocenters. The molecular formula is C20H19BrN2O2. The SMILES string of the molecule is O=C(NCc1cccc(Br)c1)c1ccc2c(c1)CCN2C(=O)C1CC1. The number of carbonyl (C=O) groups excluding carboxylic acids is 2. The first-order valence-corrected chi connectivity index (χ1v) is 9.38. The molecule has 0 spiro atoms. The largest absolute Gasteiger partial charge is 0.348 e. The van der Waals surface area contributed by atoms with Gasteiger partial charge in [0.2, 0.25) is 5.91 Å². The maximum Gasteiger partial charge on any atom is 0.251 e. The zero-order chi connectivity index (χ0) is 17.4. The summed E-state index contributed by atoms with van der Waals surface area (Å²) in [5.41, 5.74) is 3.75. The van der Waals surface area contributed by atoms with Crippen LogP contribution in [0.3, 0.4) is 0 Å². The molecule has 2 aromatic carbocycles. The van der Waals surface area contributed by atoms with Gasteiger partial charge in [-0.3, -0.25) is 9.59 Å². The summed E-state index contributed by atoms with van der Waals surface area (Å²) in [6, 6.07) is 13.5. The van der Waals surface area contributed by atoms with Crippen LogP contribution in [-0.4, -0.2) is 18.4 Å². The highest BCUT2D eigenvalue weighted by molar-refractivity contribution is 9.10. The summed E-state index contributed by atoms with van der Waals surface area (Å²) < 4.78 is 0.997. The summed E-state index contributed by atoms with van der Waals surface area (Å²) in [5.74, 6) is 0.375. The van der Waals surface area contributed by atoms with Crippen LogP contribution in [0.5, 0.6) is 0 Å². The monoisotopic (exact) mass is 398 g/mol. The molecule has 1 N–H and O–H groups in total. The quantitative estimate of drug-likeness (QED) is 0.853. The number of anilines is 1. The molecule has 128 valence electrons. The number of hydrogen-bond donors (Lipinski definition) is 1. The van der Waals surface area contributed by atoms with Crippen molar-refractivity contribution in [3.63, 3.8) is 0 Å². The Morgan fingerprint density at radius 2 is 2.00 bits per heavy atom. The van der Waals surface area contributed by atoms with Crippen LogP contribution in [0.4, 0.5) is 5.69 Å². The normalized spacial score (nSPS) is 15.8. The van der Waals surface area contributed by atoms with Crippen LogP contribution in [-0.2, 0) is 17.8 Å². The van der Waals surface area contributed by atoms with Crippen LogP contribution in [0.15, 0.2) is 46.9 Å². The van der Waals surface area contributed by atoms with Crippen molar-refractivity contribution < 1.29 is 9.59 Å². The number of rotatable bonds is 4. The molecule has 4 rings (SSSR count). The zero-order valence-corrected chi connectivity index (χ0v) is 15.4. The van der Waals surface area contributed by atoms with Crippen molar-refractivity contribution in [2.24, 2.45) is 5.92 Å². The van der Waals surface area contributed by atoms with Crippen LogP contribution in [0.25, 0.3) is 0 Å². The number of carbonyl (C=O) groups is 2. The first-order chi connectivity index (χ1) is 12.1. The van der Waals surface area contributed by atoms with Gasteiger partial charge in [-0.25, -0.2) is 0 Å². The maximum atomic E-state index is 12.4. The van der Waals surface area contributed by atoms with E-state index in [0.717, 1.165) is 47.1 Å². The molecule has 0 atom stereocenters. The minimum absolute atomic E-state index is 0.0882. The predicted molar refractivity (Wildman–Crippen MR) is 101 cm³/mol. The molecule has 1 fully saturated rings. The van der Waals surface area contributed by atoms with Crippen molar-refractivity contribution in [2.45, 2.75) is 25.8 Å². The van der Waals surface area contributed by atoms with Crippen LogP contribution in [0.1, 0.15) is 34.3 Å². The van der Waals surface area contributed by atoms with E-state index in [9.17, 15) is 9.59 Å². The van der Waals surface area contributed by atoms with Gasteiger partial charge in [0.25, 0.3) is 5.91 Å². The summed E-state index contributed by atoms with van der Waals surface area (Å²) in [4.78, 5) is 26.6. The molecule has 1 heterocycles. The van der Waals surface area contributed by atoms with E-state index >= 15 is 0 Å². The Labute approximate surface area is 155 Å². The second-order valence-electron chi connectivity index (χ2n) is 6.67. The lowest BCUT2D eigenvalue weighted by Crippen LogP contribution is -2.30. The molecule has 25 heavy (non-hydrogen) atoms. The molecule has 2 aromatic rings. The van der Waals surface area contributed by atoms with Crippen molar-refractivity contribution in [1.29, 1.82) is 0 Å². The Kier molecular flexibility index (Phi) is 4.34. The average molecular weight is 399 g/mol. The molecule has 4 nitrogen and oxygen atoms in total. The molecule has 5 heteroatoms. The number of hydrogen-bond acceptors (Lipinski definition) is 2. The lowest BCUT2D eigenvalue weighted by atomic mass is 10.1. The van der Waals surface area contributed by atoms with Gasteiger partial charge in [-0.15, -0.1) is 0 Å². The highest BCUT2D eigenvalue weighted by Crippen LogP contribution is 2.36. The molecule has 0 aromatic heterocycles. The fourth-order valence-electron chi connectivity index (χ4n) is 3.25. The fourth-order valence-corrected chi connectivity index (χ4v) is 3.70. The highest BCUT2D eigenvalue weighted by atomic mass is 79.9. The Hall–Kier alpha value is -2.14. The topological polar surface area (TPSA) is 49.4 Å². The number of nitrogens with zero attached hydrogens (tertiary/aromatic N) is 1. The Morgan fingerprint density at radius 3 is 2.76 bits per heavy atom. The number of fused-ring (bicyclic) bond motifs is 1. The smallest absolute Gasteiger partial charge is 0.251 e. The summed E-state index contributed by atoms with van der Waals surface area (Å²) in [7, 11) is 0. The molecule has 0 saturated heterocycles. The lowest BCUT2D eigenvalue weighted by molar-refractivity contribution is -0.119. The van der Waals surface area contributed by atoms with Crippen LogP contribution >= 0.6 is 15.9 Å². The van der Waals surface area contributed by atoms with Gasteiger partial charge < -0.3 is 10.2 Å². The minimum atomic E-state index is -0.0882. The molecule has 1 aliphatic heterocycles. The Bertz CT molecular complexity index is 845. The van der Waals surface area contributed by atoms with Gasteiger partial charge in [0.05, 0.1) is 0 Å². The summed E-state index contributed by atoms with van der Waals surface area (Å²) in [6.45, 7) is 1.22. The maximum absolute atomic E-state index is 12.4. The number of amides is 2. The van der Waals surface area contributed by atoms with E-state index in [4.69, 9.17) is 0 Å². The highest BCUT2D eigenvalue weighted by Gasteiger charge is 2.36. The number of benzene rings is 2. The third-order valence-corrected chi connectivity index (χ3v) is 5.27. The van der Waals surface area contributed by atoms with Gasteiger partial charge in [-0.2, -0.15) is 0 Å². The second-order valence-corrected chi connectivity index (χ2v) is 7.59. The first kappa shape index (κ1) is 16.3. The fraction of sp³-hybridized carbons (Fsp3) is 0.300. The van der Waals surface area contributed by atoms with Crippen LogP contribution in [0.2, 0.25) is 0 Å². The first-order valence-electron chi connectivity index (χ1n) is 8.59. The predicted octanol–water partition coefficient (Wildman–Crippen LogP) is 3.68. The van der Waals surface area contributed by atoms with Gasteiger partial charge in [0.15, 0.2) is 0 Å². The van der Waals surface area contributed by atoms with E-state index in [2.05, 4.69) is 21.2 Å². The lowest BCUT2D eigenvalue weighted by Gasteiger charge is -2.17. The molecule has 0 radical (unpaired) electrons. The van der Waals surface area contributed by atoms with Crippen LogP contribution < -0.4 is 10.2 Å². The summed E-state index contributed by atoms with van der Waals surface area (Å²) in [6.07, 6.45) is 2.85. The minimum Gasteiger partial charge on any atom is -0.348 e. The van der Waals surface area contributed by atoms with Gasteiger partial charge in [0.1, 0.15) is 0 Å². The van der Waals surface area contributed by atoms with Gasteiger partial charge in [-0.05, 0) is 60.7 Å². The molecular weight excluding hydrogens is 380 g/mol. The van der Waals surface area contributed by atoms with Crippen molar-refractivity contribution in [2.75, 3.05) is 11.4 Å². The van der Waals surface area contributed by atoms with Crippen molar-refractivity contribution >= 4 is 33.4 Å². The van der Waals surface area contributed by atoms with E-state index in [-0.39, 0.29) is 17.7 Å². The van der Waals surface area contributed by atoms with E-state index in [0.29, 0.717) is 12.1 Å². The Balaban J connectivity index is 1.44. The molecule has 2 amide bonds. The molecule has 2 aliphatic rings. The zero-order valence-electron chi connectivity index (χ0n) is 13.8. The molecule has 1 saturated carbocycles. The van der Waals surface area contributed by atoms with E-state index in [1.807, 2.05) is 47.4 Å². The van der Waals surface area contributed by atoms with Gasteiger partial charge in [0, 0.05) is 34.7 Å². The van der Waals surface area contributed by atoms with Crippen molar-refractivity contribution in [1.82, 2.24) is 5.32 Å². The average Bonchev–Trinajstić information content (AvgIpc) is 3.38. The summed E-state index contributed by atoms with van der Waals surface area (Å²) >= 11 is 3.43. The van der Waals surface area contributed by atoms with Crippen LogP contribution in [0, 0.1) is 5.92 Å². The number of nitrogens with one attached hydrogen (secondary N) is 1. The Morgan fingerprint density at radius 1 is 1.16 bits per heavy atom. The summed E-state index contributed by atoms with van der Waals surface area (Å²) in [5, 5.41) is 2.96.